The second-order valence-electron chi connectivity index (χ2n) is 11.6. The zero-order valence-electron chi connectivity index (χ0n) is 25.6. The zero-order chi connectivity index (χ0) is 33.9. The lowest BCUT2D eigenvalue weighted by Gasteiger charge is -2.39. The van der Waals surface area contributed by atoms with Gasteiger partial charge in [-0.15, -0.1) is 0 Å². The fourth-order valence-electron chi connectivity index (χ4n) is 5.60. The number of benzene rings is 1. The Kier molecular flexibility index (Phi) is 9.92. The van der Waals surface area contributed by atoms with Crippen LogP contribution in [0.3, 0.4) is 0 Å². The van der Waals surface area contributed by atoms with Crippen LogP contribution in [0.1, 0.15) is 51.6 Å². The summed E-state index contributed by atoms with van der Waals surface area (Å²) in [7, 11) is 1.49. The van der Waals surface area contributed by atoms with Gasteiger partial charge in [-0.25, -0.2) is 8.78 Å². The highest BCUT2D eigenvalue weighted by Crippen LogP contribution is 2.34. The van der Waals surface area contributed by atoms with Gasteiger partial charge in [0, 0.05) is 44.6 Å². The molecule has 0 aliphatic carbocycles. The summed E-state index contributed by atoms with van der Waals surface area (Å²) < 4.78 is 65.1. The lowest BCUT2D eigenvalue weighted by atomic mass is 9.96. The Morgan fingerprint density at radius 1 is 1.19 bits per heavy atom. The van der Waals surface area contributed by atoms with Crippen LogP contribution in [-0.2, 0) is 18.3 Å². The number of pyridine rings is 2. The highest BCUT2D eigenvalue weighted by molar-refractivity contribution is 6.05. The Bertz CT molecular complexity index is 1760. The first-order valence-electron chi connectivity index (χ1n) is 14.9. The Hall–Kier alpha value is -4.81. The summed E-state index contributed by atoms with van der Waals surface area (Å²) in [5.74, 6) is -5.40. The van der Waals surface area contributed by atoms with Crippen molar-refractivity contribution < 1.29 is 36.6 Å². The van der Waals surface area contributed by atoms with E-state index in [-0.39, 0.29) is 45.7 Å². The fourth-order valence-corrected chi connectivity index (χ4v) is 5.60. The summed E-state index contributed by atoms with van der Waals surface area (Å²) in [5.41, 5.74) is -0.172. The number of hydrogen-bond donors (Lipinski definition) is 2. The topological polar surface area (TPSA) is 139 Å². The molecule has 4 heterocycles. The fraction of sp³-hybridized carbons (Fsp3) is 0.406. The van der Waals surface area contributed by atoms with E-state index in [4.69, 9.17) is 4.74 Å². The van der Waals surface area contributed by atoms with E-state index in [0.717, 1.165) is 30.4 Å². The summed E-state index contributed by atoms with van der Waals surface area (Å²) in [6.07, 6.45) is 3.78. The lowest BCUT2D eigenvalue weighted by molar-refractivity contribution is -0.113. The molecule has 0 bridgehead atoms. The molecule has 248 valence electrons. The molecule has 2 atom stereocenters. The number of aryl methyl sites for hydroxylation is 1. The van der Waals surface area contributed by atoms with Crippen molar-refractivity contribution in [2.24, 2.45) is 13.0 Å². The number of likely N-dealkylation sites (tertiary alicyclic amines) is 1. The van der Waals surface area contributed by atoms with Crippen molar-refractivity contribution in [2.75, 3.05) is 31.6 Å². The SMILES string of the molecule is C[C@@H](CNCc1cc(C(=O)Nc2cc(-c3ccc(C#N)cc3C(=O)N3CC(F)(F)C3)cc(OC(F)F)n2)c(=O)n(C)c1)C1CCCO1. The van der Waals surface area contributed by atoms with Crippen molar-refractivity contribution in [1.82, 2.24) is 19.8 Å². The number of nitrogens with one attached hydrogen (secondary N) is 2. The van der Waals surface area contributed by atoms with Crippen molar-refractivity contribution in [3.63, 3.8) is 0 Å². The van der Waals surface area contributed by atoms with Crippen molar-refractivity contribution in [3.8, 4) is 23.1 Å². The average Bonchev–Trinajstić information content (AvgIpc) is 3.55. The smallest absolute Gasteiger partial charge is 0.388 e. The zero-order valence-corrected chi connectivity index (χ0v) is 25.6. The molecule has 2 N–H and O–H groups in total. The Labute approximate surface area is 267 Å². The summed E-state index contributed by atoms with van der Waals surface area (Å²) in [4.78, 5) is 44.3. The third-order valence-electron chi connectivity index (χ3n) is 7.95. The molecule has 2 fully saturated rings. The van der Waals surface area contributed by atoms with Crippen LogP contribution in [0.4, 0.5) is 23.4 Å². The van der Waals surface area contributed by atoms with Crippen LogP contribution in [0.15, 0.2) is 47.4 Å². The summed E-state index contributed by atoms with van der Waals surface area (Å²) in [6.45, 7) is -1.12. The molecule has 47 heavy (non-hydrogen) atoms. The number of ether oxygens (including phenoxy) is 2. The van der Waals surface area contributed by atoms with Crippen molar-refractivity contribution in [3.05, 3.63) is 75.2 Å². The van der Waals surface area contributed by atoms with Crippen LogP contribution in [0.5, 0.6) is 5.88 Å². The molecule has 2 aliphatic rings. The molecule has 5 rings (SSSR count). The maximum absolute atomic E-state index is 13.5. The van der Waals surface area contributed by atoms with Crippen molar-refractivity contribution >= 4 is 17.6 Å². The van der Waals surface area contributed by atoms with Gasteiger partial charge in [0.05, 0.1) is 30.8 Å². The maximum atomic E-state index is 13.5. The molecule has 2 aliphatic heterocycles. The molecule has 11 nitrogen and oxygen atoms in total. The number of nitrogens with zero attached hydrogens (tertiary/aromatic N) is 4. The minimum atomic E-state index is -3.30. The van der Waals surface area contributed by atoms with Crippen LogP contribution in [0.2, 0.25) is 0 Å². The number of carbonyl (C=O) groups excluding carboxylic acids is 2. The van der Waals surface area contributed by atoms with Crippen molar-refractivity contribution in [1.29, 1.82) is 5.26 Å². The number of carbonyl (C=O) groups is 2. The first kappa shape index (κ1) is 33.6. The molecule has 3 aromatic rings. The van der Waals surface area contributed by atoms with E-state index in [0.29, 0.717) is 18.7 Å². The van der Waals surface area contributed by atoms with E-state index in [1.165, 1.54) is 41.9 Å². The van der Waals surface area contributed by atoms with Crippen LogP contribution in [0.25, 0.3) is 11.1 Å². The van der Waals surface area contributed by atoms with Gasteiger partial charge in [0.2, 0.25) is 5.88 Å². The largest absolute Gasteiger partial charge is 0.417 e. The average molecular weight is 657 g/mol. The normalized spacial score (nSPS) is 17.6. The molecule has 0 saturated carbocycles. The van der Waals surface area contributed by atoms with Gasteiger partial charge in [-0.05, 0) is 59.7 Å². The van der Waals surface area contributed by atoms with Gasteiger partial charge in [0.15, 0.2) is 0 Å². The molecule has 0 radical (unpaired) electrons. The minimum absolute atomic E-state index is 0.0530. The van der Waals surface area contributed by atoms with E-state index in [9.17, 15) is 37.2 Å². The number of amides is 2. The highest BCUT2D eigenvalue weighted by Gasteiger charge is 2.46. The number of rotatable bonds is 11. The first-order valence-corrected chi connectivity index (χ1v) is 14.9. The van der Waals surface area contributed by atoms with E-state index in [2.05, 4.69) is 27.3 Å². The monoisotopic (exact) mass is 656 g/mol. The molecule has 2 aromatic heterocycles. The molecule has 2 amide bonds. The van der Waals surface area contributed by atoms with Crippen LogP contribution in [-0.4, -0.2) is 71.1 Å². The number of nitriles is 1. The van der Waals surface area contributed by atoms with Crippen LogP contribution in [0, 0.1) is 17.2 Å². The number of anilines is 1. The molecule has 2 saturated heterocycles. The molecular weight excluding hydrogens is 624 g/mol. The molecule has 1 unspecified atom stereocenters. The number of aromatic nitrogens is 2. The highest BCUT2D eigenvalue weighted by atomic mass is 19.3. The second kappa shape index (κ2) is 13.9. The predicted molar refractivity (Wildman–Crippen MR) is 161 cm³/mol. The standard InChI is InChI=1S/C32H32F4N6O5/c1-18(25-4-3-7-46-25)13-38-14-20-9-24(29(44)41(2)15-20)28(43)40-26-10-21(11-27(39-26)47-31(33)34)22-6-5-19(12-37)8-23(22)30(45)42-16-32(35,36)17-42/h5-6,8-11,15,18,25,31,38H,3-4,7,13-14,16-17H2,1-2H3,(H,39,40,43)/t18-,25?/m0/s1. The van der Waals surface area contributed by atoms with Gasteiger partial charge in [-0.3, -0.25) is 14.4 Å². The third kappa shape index (κ3) is 7.95. The van der Waals surface area contributed by atoms with Gasteiger partial charge in [0.25, 0.3) is 23.3 Å². The van der Waals surface area contributed by atoms with Crippen LogP contribution >= 0.6 is 0 Å². The van der Waals surface area contributed by atoms with Gasteiger partial charge < -0.3 is 29.6 Å². The third-order valence-corrected chi connectivity index (χ3v) is 7.95. The predicted octanol–water partition coefficient (Wildman–Crippen LogP) is 4.17. The van der Waals surface area contributed by atoms with E-state index in [1.54, 1.807) is 6.20 Å². The Morgan fingerprint density at radius 2 is 1.96 bits per heavy atom. The molecular formula is C32H32F4N6O5. The summed E-state index contributed by atoms with van der Waals surface area (Å²) >= 11 is 0. The van der Waals surface area contributed by atoms with Crippen LogP contribution < -0.4 is 20.9 Å². The van der Waals surface area contributed by atoms with E-state index >= 15 is 0 Å². The van der Waals surface area contributed by atoms with Gasteiger partial charge >= 0.3 is 6.61 Å². The second-order valence-corrected chi connectivity index (χ2v) is 11.6. The number of alkyl halides is 4. The van der Waals surface area contributed by atoms with Gasteiger partial charge in [-0.1, -0.05) is 13.0 Å². The summed E-state index contributed by atoms with van der Waals surface area (Å²) in [6, 6.07) is 9.53. The van der Waals surface area contributed by atoms with Gasteiger partial charge in [-0.2, -0.15) is 19.0 Å². The van der Waals surface area contributed by atoms with Gasteiger partial charge in [0.1, 0.15) is 11.4 Å². The summed E-state index contributed by atoms with van der Waals surface area (Å²) in [5, 5.41) is 15.1. The molecule has 0 spiro atoms. The lowest BCUT2D eigenvalue weighted by Crippen LogP contribution is -2.58. The van der Waals surface area contributed by atoms with E-state index < -0.39 is 48.9 Å². The quantitative estimate of drug-likeness (QED) is 0.294. The molecule has 1 aromatic carbocycles. The Morgan fingerprint density at radius 3 is 2.62 bits per heavy atom. The number of hydrogen-bond acceptors (Lipinski definition) is 8. The van der Waals surface area contributed by atoms with E-state index in [1.807, 2.05) is 6.07 Å². The first-order chi connectivity index (χ1) is 22.3. The Balaban J connectivity index is 1.42. The van der Waals surface area contributed by atoms with Crippen molar-refractivity contribution in [2.45, 2.75) is 44.9 Å². The maximum Gasteiger partial charge on any atom is 0.388 e. The number of halogens is 4. The molecule has 15 heteroatoms. The minimum Gasteiger partial charge on any atom is -0.417 e.